The monoisotopic (exact) mass is 212 g/mol. The van der Waals surface area contributed by atoms with Gasteiger partial charge in [0.15, 0.2) is 0 Å². The smallest absolute Gasteiger partial charge is 0.316 e. The Balaban J connectivity index is 5.13. The molecule has 0 saturated carbocycles. The molecule has 0 aromatic carbocycles. The van der Waals surface area contributed by atoms with Crippen molar-refractivity contribution >= 4 is 11.8 Å². The fourth-order valence-corrected chi connectivity index (χ4v) is 1.68. The van der Waals surface area contributed by atoms with E-state index >= 15 is 0 Å². The number of carbonyl (C=O) groups excluding carboxylic acids is 2. The van der Waals surface area contributed by atoms with Crippen LogP contribution in [-0.2, 0) is 14.3 Å². The quantitative estimate of drug-likeness (QED) is 0.407. The van der Waals surface area contributed by atoms with Crippen LogP contribution in [0.15, 0.2) is 12.7 Å². The van der Waals surface area contributed by atoms with Crippen molar-refractivity contribution in [1.29, 1.82) is 0 Å². The predicted octanol–water partition coefficient (Wildman–Crippen LogP) is 2.21. The van der Waals surface area contributed by atoms with Crippen LogP contribution in [0.25, 0.3) is 0 Å². The van der Waals surface area contributed by atoms with Gasteiger partial charge in [-0.05, 0) is 12.3 Å². The SMILES string of the molecule is C=CC(C(C(C)=O)C(=O)OC)C(C)(C)C. The first-order valence-corrected chi connectivity index (χ1v) is 4.96. The Morgan fingerprint density at radius 1 is 1.33 bits per heavy atom. The maximum Gasteiger partial charge on any atom is 0.316 e. The molecule has 0 N–H and O–H groups in total. The molecule has 2 unspecified atom stereocenters. The Bertz CT molecular complexity index is 261. The van der Waals surface area contributed by atoms with Gasteiger partial charge in [-0.2, -0.15) is 0 Å². The Kier molecular flexibility index (Phi) is 4.72. The molecule has 0 radical (unpaired) electrons. The van der Waals surface area contributed by atoms with Gasteiger partial charge in [0.2, 0.25) is 0 Å². The Morgan fingerprint density at radius 3 is 2.00 bits per heavy atom. The van der Waals surface area contributed by atoms with Crippen LogP contribution in [0.2, 0.25) is 0 Å². The van der Waals surface area contributed by atoms with Gasteiger partial charge in [-0.1, -0.05) is 26.8 Å². The van der Waals surface area contributed by atoms with Gasteiger partial charge < -0.3 is 4.74 Å². The van der Waals surface area contributed by atoms with Crippen LogP contribution >= 0.6 is 0 Å². The predicted molar refractivity (Wildman–Crippen MR) is 59.3 cm³/mol. The molecule has 3 nitrogen and oxygen atoms in total. The summed E-state index contributed by atoms with van der Waals surface area (Å²) in [6.45, 7) is 11.0. The largest absolute Gasteiger partial charge is 0.468 e. The maximum atomic E-state index is 11.5. The zero-order valence-corrected chi connectivity index (χ0v) is 10.2. The molecule has 0 fully saturated rings. The molecular formula is C12H20O3. The van der Waals surface area contributed by atoms with Crippen molar-refractivity contribution in [2.45, 2.75) is 27.7 Å². The molecule has 0 spiro atoms. The van der Waals surface area contributed by atoms with Gasteiger partial charge in [-0.15, -0.1) is 6.58 Å². The molecule has 0 aromatic heterocycles. The lowest BCUT2D eigenvalue weighted by Crippen LogP contribution is -2.36. The lowest BCUT2D eigenvalue weighted by atomic mass is 9.72. The second kappa shape index (κ2) is 5.10. The normalized spacial score (nSPS) is 15.3. The van der Waals surface area contributed by atoms with E-state index in [-0.39, 0.29) is 17.1 Å². The van der Waals surface area contributed by atoms with Crippen molar-refractivity contribution in [3.8, 4) is 0 Å². The average Bonchev–Trinajstić information content (AvgIpc) is 2.09. The van der Waals surface area contributed by atoms with E-state index in [4.69, 9.17) is 0 Å². The van der Waals surface area contributed by atoms with Crippen LogP contribution in [0.1, 0.15) is 27.7 Å². The van der Waals surface area contributed by atoms with Crippen LogP contribution < -0.4 is 0 Å². The van der Waals surface area contributed by atoms with E-state index in [0.717, 1.165) is 0 Å². The van der Waals surface area contributed by atoms with Gasteiger partial charge in [0.05, 0.1) is 7.11 Å². The molecule has 0 rings (SSSR count). The van der Waals surface area contributed by atoms with Crippen LogP contribution in [0, 0.1) is 17.3 Å². The zero-order chi connectivity index (χ0) is 12.2. The van der Waals surface area contributed by atoms with Crippen molar-refractivity contribution in [2.75, 3.05) is 7.11 Å². The number of hydrogen-bond acceptors (Lipinski definition) is 3. The van der Waals surface area contributed by atoms with Crippen LogP contribution in [0.3, 0.4) is 0 Å². The number of allylic oxidation sites excluding steroid dienone is 1. The highest BCUT2D eigenvalue weighted by Gasteiger charge is 2.38. The number of ether oxygens (including phenoxy) is 1. The second-order valence-electron chi connectivity index (χ2n) is 4.74. The molecule has 0 aromatic rings. The molecule has 3 heteroatoms. The van der Waals surface area contributed by atoms with E-state index in [9.17, 15) is 9.59 Å². The third kappa shape index (κ3) is 3.50. The van der Waals surface area contributed by atoms with E-state index < -0.39 is 11.9 Å². The highest BCUT2D eigenvalue weighted by molar-refractivity contribution is 5.98. The molecule has 0 aliphatic carbocycles. The molecule has 86 valence electrons. The number of Topliss-reactive ketones (excluding diaryl/α,β-unsaturated/α-hetero) is 1. The third-order valence-electron chi connectivity index (χ3n) is 2.51. The molecule has 0 amide bonds. The number of methoxy groups -OCH3 is 1. The zero-order valence-electron chi connectivity index (χ0n) is 10.2. The molecule has 0 bridgehead atoms. The van der Waals surface area contributed by atoms with Gasteiger partial charge >= 0.3 is 5.97 Å². The van der Waals surface area contributed by atoms with Gasteiger partial charge in [-0.25, -0.2) is 0 Å². The van der Waals surface area contributed by atoms with Crippen molar-refractivity contribution in [3.63, 3.8) is 0 Å². The molecule has 2 atom stereocenters. The van der Waals surface area contributed by atoms with E-state index in [1.54, 1.807) is 6.08 Å². The Labute approximate surface area is 91.5 Å². The first-order chi connectivity index (χ1) is 6.75. The summed E-state index contributed by atoms with van der Waals surface area (Å²) >= 11 is 0. The summed E-state index contributed by atoms with van der Waals surface area (Å²) in [5.41, 5.74) is -0.188. The fourth-order valence-electron chi connectivity index (χ4n) is 1.68. The van der Waals surface area contributed by atoms with E-state index in [1.807, 2.05) is 20.8 Å². The van der Waals surface area contributed by atoms with Crippen LogP contribution in [-0.4, -0.2) is 18.9 Å². The third-order valence-corrected chi connectivity index (χ3v) is 2.51. The summed E-state index contributed by atoms with van der Waals surface area (Å²) in [5.74, 6) is -1.61. The summed E-state index contributed by atoms with van der Waals surface area (Å²) in [5, 5.41) is 0. The Morgan fingerprint density at radius 2 is 1.80 bits per heavy atom. The summed E-state index contributed by atoms with van der Waals surface area (Å²) in [4.78, 5) is 23.0. The van der Waals surface area contributed by atoms with Crippen LogP contribution in [0.4, 0.5) is 0 Å². The highest BCUT2D eigenvalue weighted by atomic mass is 16.5. The number of hydrogen-bond donors (Lipinski definition) is 0. The van der Waals surface area contributed by atoms with Crippen molar-refractivity contribution in [1.82, 2.24) is 0 Å². The summed E-state index contributed by atoms with van der Waals surface area (Å²) in [7, 11) is 1.29. The van der Waals surface area contributed by atoms with Gasteiger partial charge in [0, 0.05) is 5.92 Å². The molecule has 0 saturated heterocycles. The molecule has 15 heavy (non-hydrogen) atoms. The number of rotatable bonds is 4. The number of esters is 1. The number of ketones is 1. The maximum absolute atomic E-state index is 11.5. The first kappa shape index (κ1) is 13.9. The standard InChI is InChI=1S/C12H20O3/c1-7-9(12(3,4)5)10(8(2)13)11(14)15-6/h7,9-10H,1H2,2-6H3. The molecule has 0 aliphatic heterocycles. The lowest BCUT2D eigenvalue weighted by molar-refractivity contribution is -0.152. The average molecular weight is 212 g/mol. The van der Waals surface area contributed by atoms with Crippen molar-refractivity contribution < 1.29 is 14.3 Å². The summed E-state index contributed by atoms with van der Waals surface area (Å²) < 4.78 is 4.64. The number of carbonyl (C=O) groups is 2. The second-order valence-corrected chi connectivity index (χ2v) is 4.74. The minimum absolute atomic E-state index is 0.179. The molecular weight excluding hydrogens is 192 g/mol. The van der Waals surface area contributed by atoms with Crippen LogP contribution in [0.5, 0.6) is 0 Å². The molecule has 0 aliphatic rings. The molecule has 0 heterocycles. The summed E-state index contributed by atoms with van der Waals surface area (Å²) in [6.07, 6.45) is 1.66. The fraction of sp³-hybridized carbons (Fsp3) is 0.667. The Hall–Kier alpha value is -1.12. The highest BCUT2D eigenvalue weighted by Crippen LogP contribution is 2.34. The van der Waals surface area contributed by atoms with Crippen molar-refractivity contribution in [2.24, 2.45) is 17.3 Å². The van der Waals surface area contributed by atoms with Crippen molar-refractivity contribution in [3.05, 3.63) is 12.7 Å². The minimum Gasteiger partial charge on any atom is -0.468 e. The lowest BCUT2D eigenvalue weighted by Gasteiger charge is -2.32. The topological polar surface area (TPSA) is 43.4 Å². The van der Waals surface area contributed by atoms with E-state index in [2.05, 4.69) is 11.3 Å². The minimum atomic E-state index is -0.743. The van der Waals surface area contributed by atoms with Gasteiger partial charge in [-0.3, -0.25) is 9.59 Å². The van der Waals surface area contributed by atoms with Gasteiger partial charge in [0.1, 0.15) is 11.7 Å². The summed E-state index contributed by atoms with van der Waals surface area (Å²) in [6, 6.07) is 0. The van der Waals surface area contributed by atoms with E-state index in [0.29, 0.717) is 0 Å². The van der Waals surface area contributed by atoms with E-state index in [1.165, 1.54) is 14.0 Å². The van der Waals surface area contributed by atoms with Gasteiger partial charge in [0.25, 0.3) is 0 Å². The first-order valence-electron chi connectivity index (χ1n) is 4.96.